The van der Waals surface area contributed by atoms with Crippen LogP contribution in [-0.4, -0.2) is 17.3 Å². The SMILES string of the molecule is C[C@@H](NN1C=CC(=O)CC1)c1cccc(C(F)F)c1F. The minimum Gasteiger partial charge on any atom is -0.315 e. The van der Waals surface area contributed by atoms with Crippen LogP contribution in [0.1, 0.15) is 36.9 Å². The molecule has 108 valence electrons. The molecule has 1 aliphatic heterocycles. The number of hydrazine groups is 1. The summed E-state index contributed by atoms with van der Waals surface area (Å²) in [6, 6.07) is 3.48. The van der Waals surface area contributed by atoms with Crippen LogP contribution >= 0.6 is 0 Å². The van der Waals surface area contributed by atoms with Gasteiger partial charge in [0.15, 0.2) is 5.78 Å². The fourth-order valence-electron chi connectivity index (χ4n) is 2.06. The van der Waals surface area contributed by atoms with E-state index in [1.54, 1.807) is 18.1 Å². The molecule has 0 unspecified atom stereocenters. The summed E-state index contributed by atoms with van der Waals surface area (Å²) in [4.78, 5) is 11.1. The van der Waals surface area contributed by atoms with Gasteiger partial charge in [-0.25, -0.2) is 18.6 Å². The van der Waals surface area contributed by atoms with Crippen molar-refractivity contribution in [1.29, 1.82) is 0 Å². The number of allylic oxidation sites excluding steroid dienone is 1. The third-order valence-electron chi connectivity index (χ3n) is 3.16. The minimum absolute atomic E-state index is 0.0292. The smallest absolute Gasteiger partial charge is 0.266 e. The van der Waals surface area contributed by atoms with Crippen molar-refractivity contribution in [3.8, 4) is 0 Å². The van der Waals surface area contributed by atoms with Crippen molar-refractivity contribution in [3.63, 3.8) is 0 Å². The second-order valence-corrected chi connectivity index (χ2v) is 4.63. The molecule has 1 N–H and O–H groups in total. The Kier molecular flexibility index (Phi) is 4.44. The van der Waals surface area contributed by atoms with Crippen molar-refractivity contribution >= 4 is 5.78 Å². The zero-order chi connectivity index (χ0) is 14.7. The van der Waals surface area contributed by atoms with Gasteiger partial charge in [0.1, 0.15) is 5.82 Å². The summed E-state index contributed by atoms with van der Waals surface area (Å²) in [5, 5.41) is 1.65. The second kappa shape index (κ2) is 6.09. The maximum absolute atomic E-state index is 14.0. The Morgan fingerprint density at radius 2 is 2.00 bits per heavy atom. The predicted molar refractivity (Wildman–Crippen MR) is 68.4 cm³/mol. The van der Waals surface area contributed by atoms with E-state index >= 15 is 0 Å². The molecule has 2 rings (SSSR count). The van der Waals surface area contributed by atoms with E-state index in [4.69, 9.17) is 0 Å². The zero-order valence-corrected chi connectivity index (χ0v) is 10.9. The summed E-state index contributed by atoms with van der Waals surface area (Å²) in [6.45, 7) is 2.15. The fourth-order valence-corrected chi connectivity index (χ4v) is 2.06. The van der Waals surface area contributed by atoms with Crippen LogP contribution < -0.4 is 5.43 Å². The van der Waals surface area contributed by atoms with Crippen molar-refractivity contribution in [1.82, 2.24) is 10.4 Å². The van der Waals surface area contributed by atoms with Crippen LogP contribution in [0.2, 0.25) is 0 Å². The monoisotopic (exact) mass is 284 g/mol. The Bertz CT molecular complexity index is 531. The first-order valence-electron chi connectivity index (χ1n) is 6.29. The largest absolute Gasteiger partial charge is 0.315 e. The maximum Gasteiger partial charge on any atom is 0.266 e. The van der Waals surface area contributed by atoms with Gasteiger partial charge in [-0.3, -0.25) is 4.79 Å². The van der Waals surface area contributed by atoms with Gasteiger partial charge < -0.3 is 5.01 Å². The highest BCUT2D eigenvalue weighted by Crippen LogP contribution is 2.27. The van der Waals surface area contributed by atoms with Crippen molar-refractivity contribution in [2.24, 2.45) is 0 Å². The molecule has 0 fully saturated rings. The summed E-state index contributed by atoms with van der Waals surface area (Å²) >= 11 is 0. The zero-order valence-electron chi connectivity index (χ0n) is 10.9. The maximum atomic E-state index is 14.0. The molecule has 0 saturated carbocycles. The molecule has 0 saturated heterocycles. The molecule has 20 heavy (non-hydrogen) atoms. The van der Waals surface area contributed by atoms with Crippen molar-refractivity contribution in [3.05, 3.63) is 47.4 Å². The third-order valence-corrected chi connectivity index (χ3v) is 3.16. The topological polar surface area (TPSA) is 32.3 Å². The first kappa shape index (κ1) is 14.6. The molecular weight excluding hydrogens is 269 g/mol. The molecule has 0 bridgehead atoms. The lowest BCUT2D eigenvalue weighted by molar-refractivity contribution is -0.115. The Balaban J connectivity index is 2.13. The normalized spacial score (nSPS) is 16.9. The Labute approximate surface area is 115 Å². The average molecular weight is 284 g/mol. The van der Waals surface area contributed by atoms with E-state index in [1.807, 2.05) is 0 Å². The van der Waals surface area contributed by atoms with Gasteiger partial charge in [0.2, 0.25) is 0 Å². The lowest BCUT2D eigenvalue weighted by Crippen LogP contribution is -2.39. The van der Waals surface area contributed by atoms with Gasteiger partial charge in [-0.15, -0.1) is 0 Å². The van der Waals surface area contributed by atoms with E-state index in [9.17, 15) is 18.0 Å². The molecule has 1 atom stereocenters. The van der Waals surface area contributed by atoms with E-state index in [2.05, 4.69) is 5.43 Å². The predicted octanol–water partition coefficient (Wildman–Crippen LogP) is 3.12. The summed E-state index contributed by atoms with van der Waals surface area (Å²) in [6.07, 6.45) is 0.525. The van der Waals surface area contributed by atoms with Crippen LogP contribution in [0.3, 0.4) is 0 Å². The standard InChI is InChI=1S/C14H15F3N2O/c1-9(18-19-7-5-10(20)6-8-19)11-3-2-4-12(13(11)15)14(16)17/h2-5,7,9,14,18H,6,8H2,1H3/t9-/m1/s1. The number of nitrogens with one attached hydrogen (secondary N) is 1. The molecule has 1 heterocycles. The molecule has 0 aromatic heterocycles. The van der Waals surface area contributed by atoms with Crippen LogP contribution in [0.15, 0.2) is 30.5 Å². The molecular formula is C14H15F3N2O. The molecule has 3 nitrogen and oxygen atoms in total. The molecule has 6 heteroatoms. The molecule has 1 aromatic carbocycles. The second-order valence-electron chi connectivity index (χ2n) is 4.63. The number of rotatable bonds is 4. The number of ketones is 1. The van der Waals surface area contributed by atoms with Crippen molar-refractivity contribution < 1.29 is 18.0 Å². The number of halogens is 3. The van der Waals surface area contributed by atoms with Gasteiger partial charge in [0.25, 0.3) is 6.43 Å². The molecule has 0 aliphatic carbocycles. The molecule has 0 spiro atoms. The number of alkyl halides is 2. The van der Waals surface area contributed by atoms with Crippen LogP contribution in [0.25, 0.3) is 0 Å². The lowest BCUT2D eigenvalue weighted by atomic mass is 10.0. The van der Waals surface area contributed by atoms with Crippen molar-refractivity contribution in [2.75, 3.05) is 6.54 Å². The summed E-state index contributed by atoms with van der Waals surface area (Å²) in [7, 11) is 0. The number of carbonyl (C=O) groups is 1. The van der Waals surface area contributed by atoms with Gasteiger partial charge in [0.05, 0.1) is 11.6 Å². The van der Waals surface area contributed by atoms with Gasteiger partial charge >= 0.3 is 0 Å². The van der Waals surface area contributed by atoms with Gasteiger partial charge in [-0.2, -0.15) is 0 Å². The first-order valence-corrected chi connectivity index (χ1v) is 6.29. The van der Waals surface area contributed by atoms with E-state index in [1.165, 1.54) is 18.2 Å². The van der Waals surface area contributed by atoms with Gasteiger partial charge in [-0.05, 0) is 13.0 Å². The number of carbonyl (C=O) groups excluding carboxylic acids is 1. The number of nitrogens with zero attached hydrogens (tertiary/aromatic N) is 1. The lowest BCUT2D eigenvalue weighted by Gasteiger charge is -2.28. The fraction of sp³-hybridized carbons (Fsp3) is 0.357. The highest BCUT2D eigenvalue weighted by atomic mass is 19.3. The van der Waals surface area contributed by atoms with E-state index in [-0.39, 0.29) is 11.3 Å². The van der Waals surface area contributed by atoms with Crippen LogP contribution in [0.5, 0.6) is 0 Å². The molecule has 0 radical (unpaired) electrons. The number of hydrogen-bond acceptors (Lipinski definition) is 3. The first-order chi connectivity index (χ1) is 9.49. The third kappa shape index (κ3) is 3.19. The summed E-state index contributed by atoms with van der Waals surface area (Å²) < 4.78 is 39.3. The number of benzene rings is 1. The highest BCUT2D eigenvalue weighted by Gasteiger charge is 2.20. The highest BCUT2D eigenvalue weighted by molar-refractivity contribution is 5.90. The van der Waals surface area contributed by atoms with Gasteiger partial charge in [0, 0.05) is 24.7 Å². The van der Waals surface area contributed by atoms with E-state index < -0.39 is 23.8 Å². The molecule has 0 amide bonds. The van der Waals surface area contributed by atoms with Crippen LogP contribution in [0.4, 0.5) is 13.2 Å². The Morgan fingerprint density at radius 1 is 1.30 bits per heavy atom. The number of hydrogen-bond donors (Lipinski definition) is 1. The Morgan fingerprint density at radius 3 is 2.60 bits per heavy atom. The minimum atomic E-state index is -2.84. The van der Waals surface area contributed by atoms with Crippen LogP contribution in [-0.2, 0) is 4.79 Å². The van der Waals surface area contributed by atoms with E-state index in [0.29, 0.717) is 13.0 Å². The summed E-state index contributed by atoms with van der Waals surface area (Å²) in [5.41, 5.74) is 2.55. The summed E-state index contributed by atoms with van der Waals surface area (Å²) in [5.74, 6) is -0.860. The quantitative estimate of drug-likeness (QED) is 0.922. The van der Waals surface area contributed by atoms with Crippen molar-refractivity contribution in [2.45, 2.75) is 25.8 Å². The van der Waals surface area contributed by atoms with Gasteiger partial charge in [-0.1, -0.05) is 18.2 Å². The van der Waals surface area contributed by atoms with Crippen LogP contribution in [0, 0.1) is 5.82 Å². The average Bonchev–Trinajstić information content (AvgIpc) is 2.41. The Hall–Kier alpha value is -1.82. The van der Waals surface area contributed by atoms with E-state index in [0.717, 1.165) is 6.07 Å². The molecule has 1 aromatic rings. The molecule has 1 aliphatic rings.